The van der Waals surface area contributed by atoms with Gasteiger partial charge in [-0.2, -0.15) is 0 Å². The highest BCUT2D eigenvalue weighted by molar-refractivity contribution is 7.11. The zero-order valence-electron chi connectivity index (χ0n) is 10.6. The van der Waals surface area contributed by atoms with E-state index in [0.717, 1.165) is 27.7 Å². The number of ether oxygens (including phenoxy) is 1. The summed E-state index contributed by atoms with van der Waals surface area (Å²) in [6, 6.07) is 8.09. The molecule has 0 radical (unpaired) electrons. The second-order valence-electron chi connectivity index (χ2n) is 4.06. The molecule has 0 amide bonds. The summed E-state index contributed by atoms with van der Waals surface area (Å²) in [7, 11) is 0. The minimum Gasteiger partial charge on any atom is -0.486 e. The zero-order valence-corrected chi connectivity index (χ0v) is 11.5. The van der Waals surface area contributed by atoms with Crippen LogP contribution in [0.25, 0.3) is 0 Å². The second-order valence-corrected chi connectivity index (χ2v) is 5.23. The first-order chi connectivity index (χ1) is 8.72. The molecule has 2 rings (SSSR count). The van der Waals surface area contributed by atoms with Crippen molar-refractivity contribution in [2.24, 2.45) is 0 Å². The van der Waals surface area contributed by atoms with Gasteiger partial charge in [-0.3, -0.25) is 0 Å². The topological polar surface area (TPSA) is 42.4 Å². The van der Waals surface area contributed by atoms with Crippen molar-refractivity contribution in [2.45, 2.75) is 33.5 Å². The van der Waals surface area contributed by atoms with Crippen LogP contribution in [0.15, 0.2) is 24.3 Å². The van der Waals surface area contributed by atoms with E-state index in [-0.39, 0.29) is 6.61 Å². The quantitative estimate of drug-likeness (QED) is 0.901. The van der Waals surface area contributed by atoms with E-state index in [1.54, 1.807) is 0 Å². The molecule has 0 aliphatic heterocycles. The molecule has 0 atom stereocenters. The van der Waals surface area contributed by atoms with Gasteiger partial charge < -0.3 is 9.84 Å². The predicted octanol–water partition coefficient (Wildman–Crippen LogP) is 3.09. The second kappa shape index (κ2) is 5.98. The maximum atomic E-state index is 9.11. The number of aliphatic hydroxyl groups excluding tert-OH is 1. The number of rotatable bonds is 5. The summed E-state index contributed by atoms with van der Waals surface area (Å²) in [5.74, 6) is 0.868. The van der Waals surface area contributed by atoms with E-state index >= 15 is 0 Å². The lowest BCUT2D eigenvalue weighted by Gasteiger charge is -2.05. The van der Waals surface area contributed by atoms with Gasteiger partial charge in [-0.25, -0.2) is 4.98 Å². The highest BCUT2D eigenvalue weighted by atomic mass is 32.1. The van der Waals surface area contributed by atoms with Crippen LogP contribution in [0.3, 0.4) is 0 Å². The van der Waals surface area contributed by atoms with E-state index in [1.165, 1.54) is 16.9 Å². The summed E-state index contributed by atoms with van der Waals surface area (Å²) < 4.78 is 5.71. The number of hydrogen-bond acceptors (Lipinski definition) is 4. The molecule has 3 nitrogen and oxygen atoms in total. The molecule has 0 unspecified atom stereocenters. The van der Waals surface area contributed by atoms with E-state index in [1.807, 2.05) is 25.1 Å². The Balaban J connectivity index is 2.01. The van der Waals surface area contributed by atoms with Crippen molar-refractivity contribution in [3.63, 3.8) is 0 Å². The maximum Gasteiger partial charge on any atom is 0.140 e. The Hall–Kier alpha value is -1.39. The molecule has 1 heterocycles. The van der Waals surface area contributed by atoms with Gasteiger partial charge >= 0.3 is 0 Å². The van der Waals surface area contributed by atoms with Crippen molar-refractivity contribution in [1.82, 2.24) is 4.98 Å². The number of hydrogen-bond donors (Lipinski definition) is 1. The van der Waals surface area contributed by atoms with Gasteiger partial charge in [-0.1, -0.05) is 19.1 Å². The number of nitrogens with zero attached hydrogens (tertiary/aromatic N) is 1. The van der Waals surface area contributed by atoms with Gasteiger partial charge in [0.2, 0.25) is 0 Å². The molecule has 0 spiro atoms. The van der Waals surface area contributed by atoms with Crippen LogP contribution < -0.4 is 4.74 Å². The van der Waals surface area contributed by atoms with E-state index in [2.05, 4.69) is 18.0 Å². The maximum absolute atomic E-state index is 9.11. The van der Waals surface area contributed by atoms with E-state index < -0.39 is 0 Å². The van der Waals surface area contributed by atoms with E-state index in [4.69, 9.17) is 9.84 Å². The highest BCUT2D eigenvalue weighted by Crippen LogP contribution is 2.20. The fourth-order valence-electron chi connectivity index (χ4n) is 1.70. The van der Waals surface area contributed by atoms with Crippen LogP contribution in [0.1, 0.15) is 28.1 Å². The van der Waals surface area contributed by atoms with Crippen molar-refractivity contribution in [3.8, 4) is 5.75 Å². The number of aromatic nitrogens is 1. The Morgan fingerprint density at radius 3 is 2.89 bits per heavy atom. The fourth-order valence-corrected chi connectivity index (χ4v) is 2.54. The third-order valence-electron chi connectivity index (χ3n) is 2.75. The molecule has 96 valence electrons. The Morgan fingerprint density at radius 2 is 2.22 bits per heavy atom. The first-order valence-corrected chi connectivity index (χ1v) is 6.82. The molecule has 1 aromatic heterocycles. The molecular formula is C14H17NO2S. The predicted molar refractivity (Wildman–Crippen MR) is 72.9 cm³/mol. The molecule has 0 fully saturated rings. The molecular weight excluding hydrogens is 246 g/mol. The first kappa shape index (κ1) is 13.1. The van der Waals surface area contributed by atoms with Crippen molar-refractivity contribution < 1.29 is 9.84 Å². The third kappa shape index (κ3) is 3.09. The van der Waals surface area contributed by atoms with Gasteiger partial charge in [-0.05, 0) is 31.0 Å². The minimum absolute atomic E-state index is 0.0504. The summed E-state index contributed by atoms with van der Waals surface area (Å²) >= 11 is 1.50. The Bertz CT molecular complexity index is 522. The van der Waals surface area contributed by atoms with Crippen LogP contribution in [-0.4, -0.2) is 10.1 Å². The lowest BCUT2D eigenvalue weighted by Crippen LogP contribution is -1.95. The number of aryl methyl sites for hydroxylation is 2. The normalized spacial score (nSPS) is 10.6. The van der Waals surface area contributed by atoms with E-state index in [0.29, 0.717) is 6.61 Å². The zero-order chi connectivity index (χ0) is 13.0. The molecule has 0 bridgehead atoms. The summed E-state index contributed by atoms with van der Waals surface area (Å²) in [4.78, 5) is 5.29. The molecule has 0 aliphatic carbocycles. The van der Waals surface area contributed by atoms with Gasteiger partial charge in [0.05, 0.1) is 17.2 Å². The molecule has 0 saturated heterocycles. The molecule has 1 aromatic carbocycles. The monoisotopic (exact) mass is 263 g/mol. The van der Waals surface area contributed by atoms with Gasteiger partial charge in [-0.15, -0.1) is 11.3 Å². The number of thiazole rings is 1. The van der Waals surface area contributed by atoms with Crippen molar-refractivity contribution in [2.75, 3.05) is 0 Å². The lowest BCUT2D eigenvalue weighted by atomic mass is 10.2. The van der Waals surface area contributed by atoms with Gasteiger partial charge in [0.1, 0.15) is 17.4 Å². The summed E-state index contributed by atoms with van der Waals surface area (Å²) in [6.45, 7) is 4.54. The van der Waals surface area contributed by atoms with Crippen LogP contribution in [0, 0.1) is 6.92 Å². The first-order valence-electron chi connectivity index (χ1n) is 6.00. The number of benzene rings is 1. The van der Waals surface area contributed by atoms with Crippen LogP contribution in [0.2, 0.25) is 0 Å². The van der Waals surface area contributed by atoms with Crippen LogP contribution >= 0.6 is 11.3 Å². The number of aliphatic hydroxyl groups is 1. The summed E-state index contributed by atoms with van der Waals surface area (Å²) in [6.07, 6.45) is 1.00. The standard InChI is InChI=1S/C14H17NO2S/c1-3-11-5-4-6-12(7-11)17-9-14-15-10(2)13(8-16)18-14/h4-7,16H,3,8-9H2,1-2H3. The van der Waals surface area contributed by atoms with Crippen molar-refractivity contribution in [3.05, 3.63) is 45.4 Å². The van der Waals surface area contributed by atoms with Crippen LogP contribution in [0.4, 0.5) is 0 Å². The van der Waals surface area contributed by atoms with Crippen molar-refractivity contribution >= 4 is 11.3 Å². The van der Waals surface area contributed by atoms with Crippen molar-refractivity contribution in [1.29, 1.82) is 0 Å². The summed E-state index contributed by atoms with van der Waals surface area (Å²) in [5.41, 5.74) is 2.15. The lowest BCUT2D eigenvalue weighted by molar-refractivity contribution is 0.284. The molecule has 0 aliphatic rings. The third-order valence-corrected chi connectivity index (χ3v) is 3.87. The van der Waals surface area contributed by atoms with Gasteiger partial charge in [0, 0.05) is 0 Å². The average Bonchev–Trinajstić information content (AvgIpc) is 2.77. The largest absolute Gasteiger partial charge is 0.486 e. The average molecular weight is 263 g/mol. The highest BCUT2D eigenvalue weighted by Gasteiger charge is 2.07. The SMILES string of the molecule is CCc1cccc(OCc2nc(C)c(CO)s2)c1. The summed E-state index contributed by atoms with van der Waals surface area (Å²) in [5, 5.41) is 10.0. The minimum atomic E-state index is 0.0504. The van der Waals surface area contributed by atoms with Crippen LogP contribution in [-0.2, 0) is 19.6 Å². The Labute approximate surface area is 111 Å². The molecule has 4 heteroatoms. The Kier molecular flexibility index (Phi) is 4.33. The molecule has 0 saturated carbocycles. The molecule has 2 aromatic rings. The molecule has 1 N–H and O–H groups in total. The van der Waals surface area contributed by atoms with Gasteiger partial charge in [0.15, 0.2) is 0 Å². The molecule has 18 heavy (non-hydrogen) atoms. The Morgan fingerprint density at radius 1 is 1.39 bits per heavy atom. The van der Waals surface area contributed by atoms with E-state index in [9.17, 15) is 0 Å². The van der Waals surface area contributed by atoms with Crippen LogP contribution in [0.5, 0.6) is 5.75 Å². The van der Waals surface area contributed by atoms with Gasteiger partial charge in [0.25, 0.3) is 0 Å². The fraction of sp³-hybridized carbons (Fsp3) is 0.357. The smallest absolute Gasteiger partial charge is 0.140 e.